The first-order valence-corrected chi connectivity index (χ1v) is 21.7. The van der Waals surface area contributed by atoms with Crippen LogP contribution in [-0.4, -0.2) is 34.8 Å². The molecule has 260 valence electrons. The van der Waals surface area contributed by atoms with Crippen LogP contribution in [0.5, 0.6) is 0 Å². The molecule has 0 radical (unpaired) electrons. The van der Waals surface area contributed by atoms with Crippen molar-refractivity contribution in [3.05, 3.63) is 182 Å². The maximum atomic E-state index is 12.9. The number of carboxylic acid groups (broad SMARTS) is 2. The molecule has 0 aromatic heterocycles. The summed E-state index contributed by atoms with van der Waals surface area (Å²) >= 11 is 0. The summed E-state index contributed by atoms with van der Waals surface area (Å²) in [5, 5.41) is 26.1. The minimum atomic E-state index is -4.11. The van der Waals surface area contributed by atoms with Gasteiger partial charge in [0.05, 0.1) is 0 Å². The minimum absolute atomic E-state index is 0.424. The van der Waals surface area contributed by atoms with Crippen LogP contribution in [0.2, 0.25) is 0 Å². The molecule has 0 fully saturated rings. The summed E-state index contributed by atoms with van der Waals surface area (Å²) in [5.41, 5.74) is 0. The standard InChI is InChI=1S/C43H42O6P2/c44-42(45)48-50(36-22-8-1-9-23-36,37-24-10-2-11-25-37,38-26-12-3-13-27-38)34-20-7-21-35-51(49-43(46)47,39-28-14-4-15-29-39,40-30-16-5-17-31-40)41-32-18-6-19-33-41/h1-6,8-19,22-33H,7,20-21,34-35H2,(H,44,45)(H,46,47). The van der Waals surface area contributed by atoms with E-state index in [1.54, 1.807) is 0 Å². The molecule has 6 nitrogen and oxygen atoms in total. The normalized spacial score (nSPS) is 13.1. The van der Waals surface area contributed by atoms with Crippen LogP contribution in [0.25, 0.3) is 0 Å². The van der Waals surface area contributed by atoms with Gasteiger partial charge in [0.2, 0.25) is 0 Å². The predicted octanol–water partition coefficient (Wildman–Crippen LogP) is 8.44. The first kappa shape index (κ1) is 35.5. The number of rotatable bonds is 14. The van der Waals surface area contributed by atoms with Gasteiger partial charge in [-0.15, -0.1) is 0 Å². The van der Waals surface area contributed by atoms with Crippen LogP contribution in [0.1, 0.15) is 19.3 Å². The van der Waals surface area contributed by atoms with Crippen LogP contribution < -0.4 is 31.8 Å². The van der Waals surface area contributed by atoms with Crippen molar-refractivity contribution in [1.82, 2.24) is 0 Å². The molecule has 0 saturated heterocycles. The van der Waals surface area contributed by atoms with Gasteiger partial charge >= 0.3 is 300 Å². The number of carbonyl (C=O) groups is 2. The van der Waals surface area contributed by atoms with Gasteiger partial charge in [0.1, 0.15) is 0 Å². The molecule has 0 bridgehead atoms. The van der Waals surface area contributed by atoms with E-state index in [0.717, 1.165) is 31.8 Å². The summed E-state index contributed by atoms with van der Waals surface area (Å²) < 4.78 is 12.9. The third-order valence-corrected chi connectivity index (χ3v) is 21.8. The number of benzene rings is 6. The quantitative estimate of drug-likeness (QED) is 0.0869. The molecule has 0 unspecified atom stereocenters. The molecular weight excluding hydrogens is 674 g/mol. The number of hydrogen-bond donors (Lipinski definition) is 2. The summed E-state index contributed by atoms with van der Waals surface area (Å²) in [5.74, 6) is 0. The third-order valence-electron chi connectivity index (χ3n) is 10.0. The Kier molecular flexibility index (Phi) is 10.4. The molecule has 0 spiro atoms. The summed E-state index contributed by atoms with van der Waals surface area (Å²) in [7, 11) is 0. The summed E-state index contributed by atoms with van der Waals surface area (Å²) in [6.45, 7) is -8.23. The second-order valence-electron chi connectivity index (χ2n) is 12.7. The SMILES string of the molecule is O=C(O)OP(CCCCCP(OC(=O)O)(c1ccccc1)(c1ccccc1)c1ccccc1)(c1ccccc1)(c1ccccc1)c1ccccc1. The molecule has 0 aliphatic rings. The van der Waals surface area contributed by atoms with Gasteiger partial charge in [0, 0.05) is 0 Å². The summed E-state index contributed by atoms with van der Waals surface area (Å²) in [6.07, 6.45) is 0.0356. The Labute approximate surface area is 299 Å². The van der Waals surface area contributed by atoms with Gasteiger partial charge in [-0.1, -0.05) is 0 Å². The molecule has 0 saturated carbocycles. The van der Waals surface area contributed by atoms with E-state index in [4.69, 9.17) is 9.05 Å². The molecule has 6 aromatic carbocycles. The van der Waals surface area contributed by atoms with Gasteiger partial charge in [-0.25, -0.2) is 0 Å². The second-order valence-corrected chi connectivity index (χ2v) is 21.9. The van der Waals surface area contributed by atoms with Crippen LogP contribution in [0.3, 0.4) is 0 Å². The first-order valence-electron chi connectivity index (χ1n) is 17.1. The summed E-state index contributed by atoms with van der Waals surface area (Å²) in [4.78, 5) is 25.8. The Hall–Kier alpha value is -5.28. The molecule has 6 rings (SSSR count). The first-order chi connectivity index (χ1) is 24.8. The van der Waals surface area contributed by atoms with Crippen molar-refractivity contribution in [3.63, 3.8) is 0 Å². The van der Waals surface area contributed by atoms with Gasteiger partial charge in [-0.05, 0) is 0 Å². The maximum absolute atomic E-state index is 12.9. The topological polar surface area (TPSA) is 93.1 Å². The van der Waals surface area contributed by atoms with E-state index in [1.165, 1.54) is 0 Å². The second kappa shape index (κ2) is 14.9. The number of unbranched alkanes of at least 4 members (excludes halogenated alkanes) is 2. The Bertz CT molecular complexity index is 1700. The van der Waals surface area contributed by atoms with Crippen LogP contribution in [0.15, 0.2) is 182 Å². The van der Waals surface area contributed by atoms with Crippen molar-refractivity contribution in [2.45, 2.75) is 19.3 Å². The van der Waals surface area contributed by atoms with Crippen molar-refractivity contribution in [3.8, 4) is 0 Å². The van der Waals surface area contributed by atoms with E-state index in [0.29, 0.717) is 31.6 Å². The molecule has 0 aliphatic heterocycles. The van der Waals surface area contributed by atoms with Crippen LogP contribution >= 0.6 is 13.7 Å². The molecule has 0 aliphatic carbocycles. The third kappa shape index (κ3) is 6.20. The molecule has 8 heteroatoms. The molecular formula is C43H42O6P2. The van der Waals surface area contributed by atoms with Crippen LogP contribution in [-0.2, 0) is 9.05 Å². The zero-order valence-corrected chi connectivity index (χ0v) is 30.1. The molecule has 0 atom stereocenters. The van der Waals surface area contributed by atoms with E-state index < -0.39 is 26.0 Å². The van der Waals surface area contributed by atoms with Crippen molar-refractivity contribution < 1.29 is 28.8 Å². The average Bonchev–Trinajstić information content (AvgIpc) is 3.19. The number of hydrogen-bond acceptors (Lipinski definition) is 4. The Balaban J connectivity index is 1.48. The monoisotopic (exact) mass is 716 g/mol. The van der Waals surface area contributed by atoms with E-state index in [1.807, 2.05) is 182 Å². The van der Waals surface area contributed by atoms with Gasteiger partial charge < -0.3 is 0 Å². The van der Waals surface area contributed by atoms with Crippen molar-refractivity contribution in [2.24, 2.45) is 0 Å². The zero-order chi connectivity index (χ0) is 35.7. The molecule has 0 amide bonds. The van der Waals surface area contributed by atoms with Gasteiger partial charge in [-0.3, -0.25) is 0 Å². The molecule has 51 heavy (non-hydrogen) atoms. The molecule has 0 heterocycles. The van der Waals surface area contributed by atoms with Crippen molar-refractivity contribution in [2.75, 3.05) is 12.3 Å². The Morgan fingerprint density at radius 2 is 0.549 bits per heavy atom. The van der Waals surface area contributed by atoms with E-state index >= 15 is 0 Å². The molecule has 6 aromatic rings. The van der Waals surface area contributed by atoms with E-state index in [2.05, 4.69) is 0 Å². The van der Waals surface area contributed by atoms with Crippen LogP contribution in [0.4, 0.5) is 9.59 Å². The van der Waals surface area contributed by atoms with Gasteiger partial charge in [0.15, 0.2) is 0 Å². The average molecular weight is 717 g/mol. The van der Waals surface area contributed by atoms with Gasteiger partial charge in [0.25, 0.3) is 0 Å². The molecule has 2 N–H and O–H groups in total. The fraction of sp³-hybridized carbons (Fsp3) is 0.116. The summed E-state index contributed by atoms with van der Waals surface area (Å²) in [6, 6.07) is 58.5. The Morgan fingerprint density at radius 1 is 0.353 bits per heavy atom. The predicted molar refractivity (Wildman–Crippen MR) is 212 cm³/mol. The van der Waals surface area contributed by atoms with Gasteiger partial charge in [-0.2, -0.15) is 0 Å². The zero-order valence-electron chi connectivity index (χ0n) is 28.3. The van der Waals surface area contributed by atoms with E-state index in [9.17, 15) is 19.8 Å². The van der Waals surface area contributed by atoms with Crippen LogP contribution in [0, 0.1) is 0 Å². The van der Waals surface area contributed by atoms with E-state index in [-0.39, 0.29) is 0 Å². The fourth-order valence-electron chi connectivity index (χ4n) is 7.89. The fourth-order valence-corrected chi connectivity index (χ4v) is 19.2. The Morgan fingerprint density at radius 3 is 0.725 bits per heavy atom. The van der Waals surface area contributed by atoms with Crippen molar-refractivity contribution >= 4 is 57.8 Å². The van der Waals surface area contributed by atoms with Crippen molar-refractivity contribution in [1.29, 1.82) is 0 Å².